The molecule has 0 radical (unpaired) electrons. The molecule has 0 bridgehead atoms. The first kappa shape index (κ1) is 12.7. The predicted molar refractivity (Wildman–Crippen MR) is 64.5 cm³/mol. The number of pyridine rings is 1. The lowest BCUT2D eigenvalue weighted by Gasteiger charge is -2.30. The second-order valence-corrected chi connectivity index (χ2v) is 5.30. The van der Waals surface area contributed by atoms with E-state index in [4.69, 9.17) is 11.6 Å². The zero-order valence-corrected chi connectivity index (χ0v) is 10.3. The Hall–Kier alpha value is -0.700. The Morgan fingerprint density at radius 2 is 2.06 bits per heavy atom. The number of hydrogen-bond donors (Lipinski definition) is 0. The predicted octanol–water partition coefficient (Wildman–Crippen LogP) is 4.06. The van der Waals surface area contributed by atoms with E-state index in [0.717, 1.165) is 5.69 Å². The van der Waals surface area contributed by atoms with Crippen molar-refractivity contribution in [1.82, 2.24) is 4.98 Å². The van der Waals surface area contributed by atoms with Crippen molar-refractivity contribution in [2.75, 3.05) is 0 Å². The highest BCUT2D eigenvalue weighted by Crippen LogP contribution is 2.39. The van der Waals surface area contributed by atoms with Gasteiger partial charge in [-0.25, -0.2) is 8.78 Å². The van der Waals surface area contributed by atoms with Crippen LogP contribution in [0, 0.1) is 5.92 Å². The SMILES string of the molecule is FC1(F)CCC(C(Cl)Cc2ccccn2)CC1. The first-order valence-electron chi connectivity index (χ1n) is 5.99. The standard InChI is InChI=1S/C13H16ClF2N/c14-12(9-11-3-1-2-8-17-11)10-4-6-13(15,16)7-5-10/h1-3,8,10,12H,4-7,9H2. The first-order valence-corrected chi connectivity index (χ1v) is 6.42. The lowest BCUT2D eigenvalue weighted by atomic mass is 9.83. The van der Waals surface area contributed by atoms with Crippen molar-refractivity contribution in [3.8, 4) is 0 Å². The first-order chi connectivity index (χ1) is 8.07. The van der Waals surface area contributed by atoms with Gasteiger partial charge in [-0.3, -0.25) is 4.98 Å². The highest BCUT2D eigenvalue weighted by molar-refractivity contribution is 6.20. The van der Waals surface area contributed by atoms with Crippen LogP contribution >= 0.6 is 11.6 Å². The van der Waals surface area contributed by atoms with Crippen LogP contribution in [0.15, 0.2) is 24.4 Å². The van der Waals surface area contributed by atoms with E-state index in [1.807, 2.05) is 18.2 Å². The van der Waals surface area contributed by atoms with Crippen molar-refractivity contribution >= 4 is 11.6 Å². The average Bonchev–Trinajstić information content (AvgIpc) is 2.30. The van der Waals surface area contributed by atoms with Crippen LogP contribution in [0.25, 0.3) is 0 Å². The minimum absolute atomic E-state index is 0.0247. The fourth-order valence-electron chi connectivity index (χ4n) is 2.31. The Labute approximate surface area is 105 Å². The molecule has 1 saturated carbocycles. The van der Waals surface area contributed by atoms with Gasteiger partial charge in [0.1, 0.15) is 0 Å². The van der Waals surface area contributed by atoms with Crippen LogP contribution in [-0.4, -0.2) is 16.3 Å². The van der Waals surface area contributed by atoms with Crippen LogP contribution in [0.4, 0.5) is 8.78 Å². The monoisotopic (exact) mass is 259 g/mol. The van der Waals surface area contributed by atoms with Gasteiger partial charge in [-0.05, 0) is 30.9 Å². The summed E-state index contributed by atoms with van der Waals surface area (Å²) in [6.07, 6.45) is 3.39. The van der Waals surface area contributed by atoms with E-state index in [2.05, 4.69) is 4.98 Å². The minimum Gasteiger partial charge on any atom is -0.261 e. The number of halogens is 3. The summed E-state index contributed by atoms with van der Waals surface area (Å²) in [7, 11) is 0. The van der Waals surface area contributed by atoms with E-state index in [0.29, 0.717) is 19.3 Å². The van der Waals surface area contributed by atoms with Crippen molar-refractivity contribution in [1.29, 1.82) is 0 Å². The van der Waals surface area contributed by atoms with E-state index in [9.17, 15) is 8.78 Å². The molecular weight excluding hydrogens is 244 g/mol. The topological polar surface area (TPSA) is 12.9 Å². The summed E-state index contributed by atoms with van der Waals surface area (Å²) in [5.41, 5.74) is 0.935. The molecular formula is C13H16ClF2N. The number of hydrogen-bond acceptors (Lipinski definition) is 1. The molecule has 0 N–H and O–H groups in total. The molecule has 1 aromatic rings. The number of rotatable bonds is 3. The summed E-state index contributed by atoms with van der Waals surface area (Å²) in [4.78, 5) is 4.21. The summed E-state index contributed by atoms with van der Waals surface area (Å²) in [6, 6.07) is 5.70. The van der Waals surface area contributed by atoms with Crippen LogP contribution in [0.5, 0.6) is 0 Å². The second-order valence-electron chi connectivity index (χ2n) is 4.73. The highest BCUT2D eigenvalue weighted by atomic mass is 35.5. The Morgan fingerprint density at radius 1 is 1.35 bits per heavy atom. The van der Waals surface area contributed by atoms with Gasteiger partial charge in [0.15, 0.2) is 0 Å². The summed E-state index contributed by atoms with van der Waals surface area (Å²) in [5.74, 6) is -2.28. The molecule has 0 aromatic carbocycles. The molecule has 0 amide bonds. The molecule has 17 heavy (non-hydrogen) atoms. The molecule has 1 nitrogen and oxygen atoms in total. The van der Waals surface area contributed by atoms with Gasteiger partial charge in [0.05, 0.1) is 0 Å². The third-order valence-electron chi connectivity index (χ3n) is 3.40. The Bertz CT molecular complexity index is 346. The quantitative estimate of drug-likeness (QED) is 0.746. The lowest BCUT2D eigenvalue weighted by Crippen LogP contribution is -2.29. The number of alkyl halides is 3. The van der Waals surface area contributed by atoms with E-state index in [-0.39, 0.29) is 24.1 Å². The summed E-state index contributed by atoms with van der Waals surface area (Å²) < 4.78 is 26.0. The van der Waals surface area contributed by atoms with Crippen molar-refractivity contribution in [3.63, 3.8) is 0 Å². The van der Waals surface area contributed by atoms with Gasteiger partial charge in [-0.2, -0.15) is 0 Å². The van der Waals surface area contributed by atoms with Gasteiger partial charge in [-0.1, -0.05) is 6.07 Å². The normalized spacial score (nSPS) is 22.3. The van der Waals surface area contributed by atoms with Gasteiger partial charge in [0, 0.05) is 36.5 Å². The minimum atomic E-state index is -2.47. The molecule has 2 rings (SSSR count). The van der Waals surface area contributed by atoms with Crippen molar-refractivity contribution in [3.05, 3.63) is 30.1 Å². The maximum Gasteiger partial charge on any atom is 0.248 e. The third-order valence-corrected chi connectivity index (χ3v) is 3.91. The maximum absolute atomic E-state index is 13.0. The fourth-order valence-corrected chi connectivity index (χ4v) is 2.72. The van der Waals surface area contributed by atoms with Gasteiger partial charge >= 0.3 is 0 Å². The van der Waals surface area contributed by atoms with Crippen LogP contribution in [-0.2, 0) is 6.42 Å². The average molecular weight is 260 g/mol. The molecule has 1 aliphatic rings. The number of aromatic nitrogens is 1. The Kier molecular flexibility index (Phi) is 3.97. The lowest BCUT2D eigenvalue weighted by molar-refractivity contribution is -0.0460. The van der Waals surface area contributed by atoms with Crippen molar-refractivity contribution in [2.24, 2.45) is 5.92 Å². The van der Waals surface area contributed by atoms with E-state index < -0.39 is 5.92 Å². The molecule has 1 fully saturated rings. The van der Waals surface area contributed by atoms with Gasteiger partial charge in [0.25, 0.3) is 0 Å². The summed E-state index contributed by atoms with van der Waals surface area (Å²) in [5, 5.41) is -0.0824. The van der Waals surface area contributed by atoms with E-state index in [1.54, 1.807) is 6.20 Å². The Balaban J connectivity index is 1.87. The largest absolute Gasteiger partial charge is 0.261 e. The second kappa shape index (κ2) is 5.30. The van der Waals surface area contributed by atoms with Crippen LogP contribution < -0.4 is 0 Å². The summed E-state index contributed by atoms with van der Waals surface area (Å²) >= 11 is 6.30. The van der Waals surface area contributed by atoms with E-state index in [1.165, 1.54) is 0 Å². The smallest absolute Gasteiger partial charge is 0.248 e. The maximum atomic E-state index is 13.0. The number of nitrogens with zero attached hydrogens (tertiary/aromatic N) is 1. The molecule has 0 aliphatic heterocycles. The van der Waals surface area contributed by atoms with Crippen molar-refractivity contribution < 1.29 is 8.78 Å². The molecule has 0 spiro atoms. The van der Waals surface area contributed by atoms with Crippen LogP contribution in [0.1, 0.15) is 31.4 Å². The van der Waals surface area contributed by atoms with Crippen LogP contribution in [0.2, 0.25) is 0 Å². The van der Waals surface area contributed by atoms with Crippen LogP contribution in [0.3, 0.4) is 0 Å². The summed E-state index contributed by atoms with van der Waals surface area (Å²) in [6.45, 7) is 0. The molecule has 94 valence electrons. The van der Waals surface area contributed by atoms with E-state index >= 15 is 0 Å². The molecule has 1 atom stereocenters. The van der Waals surface area contributed by atoms with Gasteiger partial charge < -0.3 is 0 Å². The molecule has 0 saturated heterocycles. The molecule has 1 aromatic heterocycles. The third kappa shape index (κ3) is 3.63. The van der Waals surface area contributed by atoms with Crippen molar-refractivity contribution in [2.45, 2.75) is 43.4 Å². The zero-order chi connectivity index (χ0) is 12.3. The molecule has 1 aliphatic carbocycles. The molecule has 1 heterocycles. The Morgan fingerprint density at radius 3 is 2.65 bits per heavy atom. The van der Waals surface area contributed by atoms with Gasteiger partial charge in [-0.15, -0.1) is 11.6 Å². The molecule has 4 heteroatoms. The van der Waals surface area contributed by atoms with Gasteiger partial charge in [0.2, 0.25) is 5.92 Å². The fraction of sp³-hybridized carbons (Fsp3) is 0.615. The highest BCUT2D eigenvalue weighted by Gasteiger charge is 2.37. The zero-order valence-electron chi connectivity index (χ0n) is 9.58. The molecule has 1 unspecified atom stereocenters.